The average Bonchev–Trinajstić information content (AvgIpc) is 2.53. The van der Waals surface area contributed by atoms with E-state index in [4.69, 9.17) is 0 Å². The predicted octanol–water partition coefficient (Wildman–Crippen LogP) is 2.02. The molecular weight excluding hydrogens is 300 g/mol. The van der Waals surface area contributed by atoms with Gasteiger partial charge < -0.3 is 4.90 Å². The Bertz CT molecular complexity index is 559. The van der Waals surface area contributed by atoms with Crippen LogP contribution in [0, 0.1) is 0 Å². The second-order valence-electron chi connectivity index (χ2n) is 6.46. The lowest BCUT2D eigenvalue weighted by Gasteiger charge is -2.37. The van der Waals surface area contributed by atoms with Crippen LogP contribution >= 0.6 is 0 Å². The molecule has 0 aliphatic carbocycles. The lowest BCUT2D eigenvalue weighted by molar-refractivity contribution is -0.134. The van der Waals surface area contributed by atoms with E-state index in [1.165, 1.54) is 5.56 Å². The Balaban J connectivity index is 1.65. The molecule has 0 saturated carbocycles. The number of likely N-dealkylation sites (tertiary alicyclic amines) is 1. The minimum Gasteiger partial charge on any atom is -0.340 e. The van der Waals surface area contributed by atoms with Gasteiger partial charge in [-0.1, -0.05) is 24.3 Å². The number of carbonyl (C=O) groups excluding carboxylic acids is 1. The fourth-order valence-corrected chi connectivity index (χ4v) is 3.52. The van der Waals surface area contributed by atoms with Crippen LogP contribution in [-0.2, 0) is 11.3 Å². The number of hydrogen-bond donors (Lipinski definition) is 1. The van der Waals surface area contributed by atoms with Crippen LogP contribution in [0.3, 0.4) is 0 Å². The molecule has 126 valence electrons. The molecular formula is C17H23F2N3O. The molecule has 3 rings (SSSR count). The van der Waals surface area contributed by atoms with E-state index >= 15 is 0 Å². The zero-order chi connectivity index (χ0) is 16.4. The van der Waals surface area contributed by atoms with Gasteiger partial charge in [-0.05, 0) is 37.1 Å². The molecule has 1 aromatic rings. The summed E-state index contributed by atoms with van der Waals surface area (Å²) in [5, 5.41) is 3.46. The van der Waals surface area contributed by atoms with Gasteiger partial charge in [-0.3, -0.25) is 15.0 Å². The highest BCUT2D eigenvalue weighted by Crippen LogP contribution is 2.28. The summed E-state index contributed by atoms with van der Waals surface area (Å²) in [7, 11) is 1.82. The fraction of sp³-hybridized carbons (Fsp3) is 0.588. The first-order valence-corrected chi connectivity index (χ1v) is 8.14. The highest BCUT2D eigenvalue weighted by Gasteiger charge is 2.33. The van der Waals surface area contributed by atoms with Gasteiger partial charge in [0.05, 0.1) is 6.54 Å². The number of likely N-dealkylation sites (N-methyl/N-ethyl adjacent to an activating group) is 1. The van der Waals surface area contributed by atoms with E-state index in [-0.39, 0.29) is 24.5 Å². The maximum Gasteiger partial charge on any atom is 0.251 e. The minimum atomic E-state index is -2.28. The van der Waals surface area contributed by atoms with Gasteiger partial charge in [0, 0.05) is 19.6 Å². The summed E-state index contributed by atoms with van der Waals surface area (Å²) in [5.41, 5.74) is 2.22. The molecule has 1 atom stereocenters. The second kappa shape index (κ2) is 6.93. The van der Waals surface area contributed by atoms with Crippen LogP contribution in [0.4, 0.5) is 8.78 Å². The molecule has 1 amide bonds. The number of amides is 1. The molecule has 0 bridgehead atoms. The number of nitrogens with one attached hydrogen (secondary N) is 1. The molecule has 0 aromatic heterocycles. The number of piperidine rings is 1. The Kier molecular flexibility index (Phi) is 4.92. The molecule has 4 nitrogen and oxygen atoms in total. The Morgan fingerprint density at radius 1 is 1.26 bits per heavy atom. The van der Waals surface area contributed by atoms with Gasteiger partial charge in [0.2, 0.25) is 5.91 Å². The summed E-state index contributed by atoms with van der Waals surface area (Å²) in [6, 6.07) is 7.87. The average molecular weight is 323 g/mol. The third-order valence-corrected chi connectivity index (χ3v) is 4.78. The van der Waals surface area contributed by atoms with Gasteiger partial charge >= 0.3 is 0 Å². The molecule has 1 fully saturated rings. The van der Waals surface area contributed by atoms with Crippen molar-refractivity contribution in [1.29, 1.82) is 0 Å². The molecule has 2 aliphatic rings. The number of alkyl halides is 2. The first kappa shape index (κ1) is 16.3. The lowest BCUT2D eigenvalue weighted by Crippen LogP contribution is -2.50. The second-order valence-corrected chi connectivity index (χ2v) is 6.46. The van der Waals surface area contributed by atoms with Crippen molar-refractivity contribution in [3.8, 4) is 0 Å². The summed E-state index contributed by atoms with van der Waals surface area (Å²) < 4.78 is 24.9. The molecule has 1 N–H and O–H groups in total. The SMILES string of the molecule is CN1Cc2ccccc2C(NC2CCN(CC(F)F)CC2)C1=O. The van der Waals surface area contributed by atoms with Gasteiger partial charge in [0.1, 0.15) is 6.04 Å². The zero-order valence-corrected chi connectivity index (χ0v) is 13.3. The molecule has 0 spiro atoms. The van der Waals surface area contributed by atoms with Crippen LogP contribution in [0.2, 0.25) is 0 Å². The van der Waals surface area contributed by atoms with Crippen molar-refractivity contribution in [2.45, 2.75) is 37.9 Å². The maximum atomic E-state index is 12.5. The third kappa shape index (κ3) is 3.70. The standard InChI is InChI=1S/C17H23F2N3O/c1-21-10-12-4-2-3-5-14(12)16(17(21)23)20-13-6-8-22(9-7-13)11-15(18)19/h2-5,13,15-16,20H,6-11H2,1H3. The molecule has 23 heavy (non-hydrogen) atoms. The number of fused-ring (bicyclic) bond motifs is 1. The molecule has 1 aromatic carbocycles. The first-order valence-electron chi connectivity index (χ1n) is 8.14. The maximum absolute atomic E-state index is 12.5. The molecule has 1 saturated heterocycles. The van der Waals surface area contributed by atoms with Crippen molar-refractivity contribution in [3.05, 3.63) is 35.4 Å². The topological polar surface area (TPSA) is 35.6 Å². The number of halogens is 2. The van der Waals surface area contributed by atoms with E-state index in [0.717, 1.165) is 18.4 Å². The summed E-state index contributed by atoms with van der Waals surface area (Å²) in [6.07, 6.45) is -0.690. The van der Waals surface area contributed by atoms with Gasteiger partial charge in [0.15, 0.2) is 0 Å². The van der Waals surface area contributed by atoms with Crippen molar-refractivity contribution >= 4 is 5.91 Å². The first-order chi connectivity index (χ1) is 11.0. The molecule has 2 heterocycles. The Labute approximate surface area is 135 Å². The number of hydrogen-bond acceptors (Lipinski definition) is 3. The van der Waals surface area contributed by atoms with Crippen LogP contribution < -0.4 is 5.32 Å². The van der Waals surface area contributed by atoms with Crippen LogP contribution in [0.25, 0.3) is 0 Å². The van der Waals surface area contributed by atoms with E-state index in [2.05, 4.69) is 11.4 Å². The number of rotatable bonds is 4. The fourth-order valence-electron chi connectivity index (χ4n) is 3.52. The Morgan fingerprint density at radius 2 is 1.96 bits per heavy atom. The van der Waals surface area contributed by atoms with E-state index < -0.39 is 6.43 Å². The predicted molar refractivity (Wildman–Crippen MR) is 84.3 cm³/mol. The number of nitrogens with zero attached hydrogens (tertiary/aromatic N) is 2. The molecule has 6 heteroatoms. The van der Waals surface area contributed by atoms with Crippen LogP contribution in [0.5, 0.6) is 0 Å². The third-order valence-electron chi connectivity index (χ3n) is 4.78. The van der Waals surface area contributed by atoms with Gasteiger partial charge in [-0.25, -0.2) is 8.78 Å². The van der Waals surface area contributed by atoms with Crippen molar-refractivity contribution in [3.63, 3.8) is 0 Å². The van der Waals surface area contributed by atoms with Gasteiger partial charge in [-0.2, -0.15) is 0 Å². The van der Waals surface area contributed by atoms with Crippen LogP contribution in [0.15, 0.2) is 24.3 Å². The van der Waals surface area contributed by atoms with Crippen molar-refractivity contribution in [1.82, 2.24) is 15.1 Å². The van der Waals surface area contributed by atoms with Crippen LogP contribution in [0.1, 0.15) is 30.0 Å². The Morgan fingerprint density at radius 3 is 2.65 bits per heavy atom. The van der Waals surface area contributed by atoms with Crippen LogP contribution in [-0.4, -0.2) is 54.9 Å². The highest BCUT2D eigenvalue weighted by atomic mass is 19.3. The monoisotopic (exact) mass is 323 g/mol. The summed E-state index contributed by atoms with van der Waals surface area (Å²) in [5.74, 6) is 0.0821. The zero-order valence-electron chi connectivity index (χ0n) is 13.3. The molecule has 2 aliphatic heterocycles. The summed E-state index contributed by atoms with van der Waals surface area (Å²) in [4.78, 5) is 16.1. The van der Waals surface area contributed by atoms with E-state index in [1.54, 1.807) is 9.80 Å². The van der Waals surface area contributed by atoms with Crippen molar-refractivity contribution in [2.75, 3.05) is 26.7 Å². The highest BCUT2D eigenvalue weighted by molar-refractivity contribution is 5.85. The van der Waals surface area contributed by atoms with E-state index in [0.29, 0.717) is 19.6 Å². The minimum absolute atomic E-state index is 0.0821. The van der Waals surface area contributed by atoms with Gasteiger partial charge in [0.25, 0.3) is 6.43 Å². The summed E-state index contributed by atoms with van der Waals surface area (Å²) in [6.45, 7) is 1.79. The molecule has 0 radical (unpaired) electrons. The smallest absolute Gasteiger partial charge is 0.251 e. The lowest BCUT2D eigenvalue weighted by atomic mass is 9.93. The largest absolute Gasteiger partial charge is 0.340 e. The molecule has 1 unspecified atom stereocenters. The van der Waals surface area contributed by atoms with Crippen molar-refractivity contribution in [2.24, 2.45) is 0 Å². The summed E-state index contributed by atoms with van der Waals surface area (Å²) >= 11 is 0. The van der Waals surface area contributed by atoms with Crippen molar-refractivity contribution < 1.29 is 13.6 Å². The Hall–Kier alpha value is -1.53. The number of benzene rings is 1. The van der Waals surface area contributed by atoms with Gasteiger partial charge in [-0.15, -0.1) is 0 Å². The quantitative estimate of drug-likeness (QED) is 0.921. The van der Waals surface area contributed by atoms with E-state index in [9.17, 15) is 13.6 Å². The number of carbonyl (C=O) groups is 1. The normalized spacial score (nSPS) is 23.4. The van der Waals surface area contributed by atoms with E-state index in [1.807, 2.05) is 25.2 Å².